The molecule has 1 atom stereocenters. The van der Waals surface area contributed by atoms with E-state index in [0.29, 0.717) is 12.1 Å². The highest BCUT2D eigenvalue weighted by Gasteiger charge is 2.26. The summed E-state index contributed by atoms with van der Waals surface area (Å²) in [6, 6.07) is 5.23. The summed E-state index contributed by atoms with van der Waals surface area (Å²) in [6.07, 6.45) is 1.35. The minimum absolute atomic E-state index is 0.0450. The van der Waals surface area contributed by atoms with E-state index >= 15 is 0 Å². The van der Waals surface area contributed by atoms with Gasteiger partial charge in [-0.15, -0.1) is 0 Å². The number of rotatable bonds is 7. The number of alkyl halides is 2. The molecule has 0 spiro atoms. The van der Waals surface area contributed by atoms with Crippen LogP contribution in [0.4, 0.5) is 14.5 Å². The van der Waals surface area contributed by atoms with Gasteiger partial charge in [-0.3, -0.25) is 0 Å². The average molecular weight is 293 g/mol. The van der Waals surface area contributed by atoms with E-state index in [1.165, 1.54) is 12.1 Å². The smallest absolute Gasteiger partial charge is 0.341 e. The maximum absolute atomic E-state index is 12.3. The van der Waals surface area contributed by atoms with E-state index in [2.05, 4.69) is 5.32 Å². The molecular weight excluding hydrogens is 276 g/mol. The van der Waals surface area contributed by atoms with Crippen molar-refractivity contribution in [2.45, 2.75) is 36.5 Å². The zero-order chi connectivity index (χ0) is 14.5. The molecule has 0 saturated heterocycles. The van der Waals surface area contributed by atoms with E-state index in [1.54, 1.807) is 0 Å². The van der Waals surface area contributed by atoms with Crippen molar-refractivity contribution in [1.29, 1.82) is 0 Å². The summed E-state index contributed by atoms with van der Waals surface area (Å²) in [6.45, 7) is 1.99. The number of hydrogen-bond donors (Lipinski definition) is 2. The van der Waals surface area contributed by atoms with Crippen LogP contribution in [0.1, 0.15) is 19.8 Å². The number of benzene rings is 1. The van der Waals surface area contributed by atoms with Crippen LogP contribution in [0.5, 0.6) is 0 Å². The number of nitrogens with one attached hydrogen (secondary N) is 1. The molecule has 108 valence electrons. The fourth-order valence-corrected chi connectivity index (χ4v) is 2.33. The molecule has 4 nitrogen and oxygen atoms in total. The predicted octanol–water partition coefficient (Wildman–Crippen LogP) is 2.26. The Labute approximate surface area is 111 Å². The van der Waals surface area contributed by atoms with Gasteiger partial charge in [0.15, 0.2) is 0 Å². The largest absolute Gasteiger partial charge is 0.396 e. The topological polar surface area (TPSA) is 66.4 Å². The molecule has 0 bridgehead atoms. The van der Waals surface area contributed by atoms with Gasteiger partial charge in [-0.2, -0.15) is 8.78 Å². The van der Waals surface area contributed by atoms with Crippen LogP contribution in [0.15, 0.2) is 29.2 Å². The van der Waals surface area contributed by atoms with E-state index in [0.717, 1.165) is 18.6 Å². The summed E-state index contributed by atoms with van der Waals surface area (Å²) in [4.78, 5) is -0.400. The van der Waals surface area contributed by atoms with Gasteiger partial charge in [0.2, 0.25) is 9.84 Å². The number of aliphatic hydroxyl groups excluding tert-OH is 1. The quantitative estimate of drug-likeness (QED) is 0.809. The van der Waals surface area contributed by atoms with Crippen LogP contribution in [-0.4, -0.2) is 31.9 Å². The summed E-state index contributed by atoms with van der Waals surface area (Å²) >= 11 is 0. The second-order valence-corrected chi connectivity index (χ2v) is 6.01. The van der Waals surface area contributed by atoms with Crippen molar-refractivity contribution in [3.8, 4) is 0 Å². The van der Waals surface area contributed by atoms with Gasteiger partial charge in [-0.1, -0.05) is 6.92 Å². The first-order valence-electron chi connectivity index (χ1n) is 5.91. The Kier molecular flexibility index (Phi) is 5.68. The molecule has 7 heteroatoms. The van der Waals surface area contributed by atoms with Gasteiger partial charge in [0, 0.05) is 18.3 Å². The molecule has 1 aromatic carbocycles. The van der Waals surface area contributed by atoms with Crippen molar-refractivity contribution < 1.29 is 22.3 Å². The Balaban J connectivity index is 2.82. The molecule has 19 heavy (non-hydrogen) atoms. The first-order chi connectivity index (χ1) is 8.91. The van der Waals surface area contributed by atoms with Crippen molar-refractivity contribution in [3.05, 3.63) is 24.3 Å². The summed E-state index contributed by atoms with van der Waals surface area (Å²) in [5.74, 6) is -3.41. The van der Waals surface area contributed by atoms with Gasteiger partial charge < -0.3 is 10.4 Å². The molecule has 0 aliphatic heterocycles. The molecule has 0 aliphatic rings. The van der Waals surface area contributed by atoms with Crippen LogP contribution in [0.25, 0.3) is 0 Å². The van der Waals surface area contributed by atoms with Crippen LogP contribution < -0.4 is 5.32 Å². The number of anilines is 1. The molecule has 0 radical (unpaired) electrons. The van der Waals surface area contributed by atoms with E-state index in [1.807, 2.05) is 6.92 Å². The molecule has 0 amide bonds. The first-order valence-corrected chi connectivity index (χ1v) is 7.46. The second kappa shape index (κ2) is 6.81. The maximum Gasteiger partial charge on any atom is 0.341 e. The highest BCUT2D eigenvalue weighted by atomic mass is 32.2. The van der Waals surface area contributed by atoms with Crippen LogP contribution in [0, 0.1) is 0 Å². The molecule has 0 saturated carbocycles. The Bertz CT molecular complexity index is 488. The van der Waals surface area contributed by atoms with Crippen molar-refractivity contribution in [3.63, 3.8) is 0 Å². The Morgan fingerprint density at radius 1 is 1.26 bits per heavy atom. The minimum Gasteiger partial charge on any atom is -0.396 e. The molecule has 1 rings (SSSR count). The molecule has 0 aromatic heterocycles. The van der Waals surface area contributed by atoms with E-state index in [-0.39, 0.29) is 12.6 Å². The third kappa shape index (κ3) is 4.14. The fraction of sp³-hybridized carbons (Fsp3) is 0.500. The lowest BCUT2D eigenvalue weighted by atomic mass is 10.1. The van der Waals surface area contributed by atoms with Crippen LogP contribution in [0.3, 0.4) is 0 Å². The van der Waals surface area contributed by atoms with Crippen LogP contribution in [-0.2, 0) is 9.84 Å². The maximum atomic E-state index is 12.3. The normalized spacial score (nSPS) is 13.5. The summed E-state index contributed by atoms with van der Waals surface area (Å²) in [5.41, 5.74) is 0.633. The lowest BCUT2D eigenvalue weighted by Crippen LogP contribution is -2.19. The lowest BCUT2D eigenvalue weighted by Gasteiger charge is -2.17. The Morgan fingerprint density at radius 2 is 1.84 bits per heavy atom. The molecule has 0 heterocycles. The minimum atomic E-state index is -4.54. The highest BCUT2D eigenvalue weighted by Crippen LogP contribution is 2.21. The van der Waals surface area contributed by atoms with Crippen molar-refractivity contribution >= 4 is 15.5 Å². The van der Waals surface area contributed by atoms with Crippen LogP contribution >= 0.6 is 0 Å². The van der Waals surface area contributed by atoms with Crippen molar-refractivity contribution in [2.24, 2.45) is 0 Å². The van der Waals surface area contributed by atoms with E-state index in [9.17, 15) is 17.2 Å². The molecule has 2 N–H and O–H groups in total. The Morgan fingerprint density at radius 3 is 2.26 bits per heavy atom. The average Bonchev–Trinajstić information content (AvgIpc) is 2.38. The van der Waals surface area contributed by atoms with E-state index < -0.39 is 20.5 Å². The molecule has 1 unspecified atom stereocenters. The summed E-state index contributed by atoms with van der Waals surface area (Å²) < 4.78 is 47.1. The zero-order valence-electron chi connectivity index (χ0n) is 10.5. The number of halogens is 2. The van der Waals surface area contributed by atoms with Crippen molar-refractivity contribution in [2.75, 3.05) is 11.9 Å². The van der Waals surface area contributed by atoms with Gasteiger partial charge in [0.05, 0.1) is 4.90 Å². The molecular formula is C12H17F2NO3S. The van der Waals surface area contributed by atoms with E-state index in [4.69, 9.17) is 5.11 Å². The summed E-state index contributed by atoms with van der Waals surface area (Å²) in [5, 5.41) is 12.0. The molecule has 0 aliphatic carbocycles. The van der Waals surface area contributed by atoms with Gasteiger partial charge in [0.25, 0.3) is 0 Å². The standard InChI is InChI=1S/C12H17F2NO3S/c1-2-9(7-8-16)15-10-3-5-11(6-4-10)19(17,18)12(13)14/h3-6,9,12,15-16H,2,7-8H2,1H3. The number of sulfone groups is 1. The highest BCUT2D eigenvalue weighted by molar-refractivity contribution is 7.91. The van der Waals surface area contributed by atoms with Gasteiger partial charge in [0.1, 0.15) is 0 Å². The fourth-order valence-electron chi connectivity index (χ4n) is 1.61. The lowest BCUT2D eigenvalue weighted by molar-refractivity contribution is 0.234. The zero-order valence-corrected chi connectivity index (χ0v) is 11.3. The summed E-state index contributed by atoms with van der Waals surface area (Å²) in [7, 11) is -4.54. The number of hydrogen-bond acceptors (Lipinski definition) is 4. The second-order valence-electron chi connectivity index (χ2n) is 4.09. The van der Waals surface area contributed by atoms with Gasteiger partial charge >= 0.3 is 5.76 Å². The van der Waals surface area contributed by atoms with Crippen molar-refractivity contribution in [1.82, 2.24) is 0 Å². The monoisotopic (exact) mass is 293 g/mol. The third-order valence-corrected chi connectivity index (χ3v) is 4.16. The van der Waals surface area contributed by atoms with Crippen LogP contribution in [0.2, 0.25) is 0 Å². The third-order valence-electron chi connectivity index (χ3n) is 2.76. The predicted molar refractivity (Wildman–Crippen MR) is 69.0 cm³/mol. The number of aliphatic hydroxyl groups is 1. The van der Waals surface area contributed by atoms with Gasteiger partial charge in [-0.25, -0.2) is 8.42 Å². The first kappa shape index (κ1) is 15.8. The molecule has 0 fully saturated rings. The molecule has 1 aromatic rings. The SMILES string of the molecule is CCC(CCO)Nc1ccc(S(=O)(=O)C(F)F)cc1. The van der Waals surface area contributed by atoms with Gasteiger partial charge in [-0.05, 0) is 37.1 Å². The Hall–Kier alpha value is -1.21.